The second kappa shape index (κ2) is 8.41. The average Bonchev–Trinajstić information content (AvgIpc) is 2.85. The highest BCUT2D eigenvalue weighted by molar-refractivity contribution is 6.30. The van der Waals surface area contributed by atoms with Crippen LogP contribution < -0.4 is 10.6 Å². The molecule has 0 unspecified atom stereocenters. The molecule has 0 bridgehead atoms. The highest BCUT2D eigenvalue weighted by atomic mass is 35.5. The van der Waals surface area contributed by atoms with Crippen molar-refractivity contribution in [2.75, 3.05) is 13.1 Å². The molecule has 1 aliphatic heterocycles. The average molecular weight is 303 g/mol. The standard InChI is InChI=1S/C14H19ClN2O.ClH/c15-12-5-3-11(4-6-12)10-14(18)17-9-7-13-2-1-8-16-13;/h3-6,13,16H,1-2,7-10H2,(H,17,18);1H/t13-;/m1./s1. The second-order valence-electron chi connectivity index (χ2n) is 4.74. The first-order valence-electron chi connectivity index (χ1n) is 6.48. The van der Waals surface area contributed by atoms with Crippen molar-refractivity contribution >= 4 is 29.9 Å². The van der Waals surface area contributed by atoms with E-state index in [0.29, 0.717) is 17.5 Å². The number of nitrogens with one attached hydrogen (secondary N) is 2. The second-order valence-corrected chi connectivity index (χ2v) is 5.17. The zero-order valence-corrected chi connectivity index (χ0v) is 12.4. The predicted molar refractivity (Wildman–Crippen MR) is 81.1 cm³/mol. The Morgan fingerprint density at radius 3 is 2.74 bits per heavy atom. The molecule has 1 aromatic carbocycles. The Morgan fingerprint density at radius 2 is 2.11 bits per heavy atom. The van der Waals surface area contributed by atoms with Gasteiger partial charge in [-0.05, 0) is 43.5 Å². The van der Waals surface area contributed by atoms with Crippen LogP contribution >= 0.6 is 24.0 Å². The molecule has 2 rings (SSSR count). The monoisotopic (exact) mass is 302 g/mol. The predicted octanol–water partition coefficient (Wildman–Crippen LogP) is 2.56. The number of hydrogen-bond acceptors (Lipinski definition) is 2. The summed E-state index contributed by atoms with van der Waals surface area (Å²) in [4.78, 5) is 11.7. The Kier molecular flexibility index (Phi) is 7.21. The zero-order valence-electron chi connectivity index (χ0n) is 10.8. The lowest BCUT2D eigenvalue weighted by Crippen LogP contribution is -2.31. The SMILES string of the molecule is Cl.O=C(Cc1ccc(Cl)cc1)NCC[C@H]1CCCN1. The molecule has 0 aromatic heterocycles. The Bertz CT molecular complexity index is 389. The summed E-state index contributed by atoms with van der Waals surface area (Å²) in [5, 5.41) is 7.08. The summed E-state index contributed by atoms with van der Waals surface area (Å²) in [5.74, 6) is 0.0790. The molecule has 3 nitrogen and oxygen atoms in total. The summed E-state index contributed by atoms with van der Waals surface area (Å²) in [7, 11) is 0. The molecule has 0 radical (unpaired) electrons. The lowest BCUT2D eigenvalue weighted by atomic mass is 10.1. The van der Waals surface area contributed by atoms with Crippen LogP contribution in [0.25, 0.3) is 0 Å². The van der Waals surface area contributed by atoms with E-state index in [1.807, 2.05) is 24.3 Å². The van der Waals surface area contributed by atoms with E-state index >= 15 is 0 Å². The fraction of sp³-hybridized carbons (Fsp3) is 0.500. The molecule has 1 amide bonds. The lowest BCUT2D eigenvalue weighted by molar-refractivity contribution is -0.120. The maximum Gasteiger partial charge on any atom is 0.224 e. The Labute approximate surface area is 125 Å². The van der Waals surface area contributed by atoms with Crippen LogP contribution in [-0.4, -0.2) is 25.0 Å². The van der Waals surface area contributed by atoms with Crippen LogP contribution in [0.5, 0.6) is 0 Å². The zero-order chi connectivity index (χ0) is 12.8. The Hall–Kier alpha value is -0.770. The highest BCUT2D eigenvalue weighted by Crippen LogP contribution is 2.10. The first kappa shape index (κ1) is 16.3. The van der Waals surface area contributed by atoms with Gasteiger partial charge in [0.05, 0.1) is 6.42 Å². The first-order chi connectivity index (χ1) is 8.74. The van der Waals surface area contributed by atoms with Gasteiger partial charge >= 0.3 is 0 Å². The molecule has 19 heavy (non-hydrogen) atoms. The van der Waals surface area contributed by atoms with Gasteiger partial charge in [0.1, 0.15) is 0 Å². The number of carbonyl (C=O) groups is 1. The van der Waals surface area contributed by atoms with E-state index in [-0.39, 0.29) is 18.3 Å². The van der Waals surface area contributed by atoms with Crippen molar-refractivity contribution < 1.29 is 4.79 Å². The van der Waals surface area contributed by atoms with Gasteiger partial charge < -0.3 is 10.6 Å². The van der Waals surface area contributed by atoms with Crippen molar-refractivity contribution in [3.63, 3.8) is 0 Å². The van der Waals surface area contributed by atoms with E-state index in [1.165, 1.54) is 12.8 Å². The molecule has 1 saturated heterocycles. The van der Waals surface area contributed by atoms with Crippen LogP contribution in [0.4, 0.5) is 0 Å². The Balaban J connectivity index is 0.00000180. The van der Waals surface area contributed by atoms with E-state index in [0.717, 1.165) is 25.1 Å². The van der Waals surface area contributed by atoms with E-state index in [9.17, 15) is 4.79 Å². The molecule has 1 aliphatic rings. The maximum absolute atomic E-state index is 11.7. The maximum atomic E-state index is 11.7. The summed E-state index contributed by atoms with van der Waals surface area (Å²) in [5.41, 5.74) is 0.996. The number of hydrogen-bond donors (Lipinski definition) is 2. The quantitative estimate of drug-likeness (QED) is 0.878. The minimum Gasteiger partial charge on any atom is -0.356 e. The van der Waals surface area contributed by atoms with E-state index in [4.69, 9.17) is 11.6 Å². The van der Waals surface area contributed by atoms with Crippen LogP contribution in [0.2, 0.25) is 5.02 Å². The fourth-order valence-corrected chi connectivity index (χ4v) is 2.37. The largest absolute Gasteiger partial charge is 0.356 e. The summed E-state index contributed by atoms with van der Waals surface area (Å²) in [6.45, 7) is 1.87. The van der Waals surface area contributed by atoms with E-state index < -0.39 is 0 Å². The third-order valence-corrected chi connectivity index (χ3v) is 3.51. The number of rotatable bonds is 5. The van der Waals surface area contributed by atoms with Gasteiger partial charge in [0.2, 0.25) is 5.91 Å². The van der Waals surface area contributed by atoms with Crippen molar-refractivity contribution in [2.24, 2.45) is 0 Å². The minimum atomic E-state index is 0. The molecule has 5 heteroatoms. The molecule has 2 N–H and O–H groups in total. The van der Waals surface area contributed by atoms with Gasteiger partial charge in [0, 0.05) is 17.6 Å². The van der Waals surface area contributed by atoms with Gasteiger partial charge in [-0.25, -0.2) is 0 Å². The molecule has 0 saturated carbocycles. The lowest BCUT2D eigenvalue weighted by Gasteiger charge is -2.10. The molecule has 106 valence electrons. The van der Waals surface area contributed by atoms with Gasteiger partial charge in [-0.15, -0.1) is 12.4 Å². The molecule has 1 fully saturated rings. The number of halogens is 2. The molecular formula is C14H20Cl2N2O. The highest BCUT2D eigenvalue weighted by Gasteiger charge is 2.13. The van der Waals surface area contributed by atoms with Gasteiger partial charge in [-0.2, -0.15) is 0 Å². The molecule has 1 atom stereocenters. The van der Waals surface area contributed by atoms with Gasteiger partial charge in [-0.1, -0.05) is 23.7 Å². The molecule has 0 spiro atoms. The van der Waals surface area contributed by atoms with Crippen LogP contribution in [0.3, 0.4) is 0 Å². The summed E-state index contributed by atoms with van der Waals surface area (Å²) in [6.07, 6.45) is 3.93. The summed E-state index contributed by atoms with van der Waals surface area (Å²) < 4.78 is 0. The van der Waals surface area contributed by atoms with Gasteiger partial charge in [0.15, 0.2) is 0 Å². The van der Waals surface area contributed by atoms with E-state index in [1.54, 1.807) is 0 Å². The van der Waals surface area contributed by atoms with Gasteiger partial charge in [-0.3, -0.25) is 4.79 Å². The fourth-order valence-electron chi connectivity index (χ4n) is 2.24. The normalized spacial score (nSPS) is 17.8. The molecule has 1 heterocycles. The molecule has 1 aromatic rings. The topological polar surface area (TPSA) is 41.1 Å². The third-order valence-electron chi connectivity index (χ3n) is 3.26. The third kappa shape index (κ3) is 5.81. The minimum absolute atomic E-state index is 0. The smallest absolute Gasteiger partial charge is 0.224 e. The first-order valence-corrected chi connectivity index (χ1v) is 6.86. The van der Waals surface area contributed by atoms with Crippen LogP contribution in [0, 0.1) is 0 Å². The van der Waals surface area contributed by atoms with Crippen LogP contribution in [0.15, 0.2) is 24.3 Å². The molecule has 0 aliphatic carbocycles. The van der Waals surface area contributed by atoms with Crippen molar-refractivity contribution in [1.29, 1.82) is 0 Å². The van der Waals surface area contributed by atoms with Crippen LogP contribution in [-0.2, 0) is 11.2 Å². The number of benzene rings is 1. The summed E-state index contributed by atoms with van der Waals surface area (Å²) >= 11 is 5.80. The molecular weight excluding hydrogens is 283 g/mol. The van der Waals surface area contributed by atoms with Crippen LogP contribution in [0.1, 0.15) is 24.8 Å². The number of amides is 1. The summed E-state index contributed by atoms with van der Waals surface area (Å²) in [6, 6.07) is 7.99. The Morgan fingerprint density at radius 1 is 1.37 bits per heavy atom. The van der Waals surface area contributed by atoms with E-state index in [2.05, 4.69) is 10.6 Å². The van der Waals surface area contributed by atoms with Crippen molar-refractivity contribution in [3.05, 3.63) is 34.9 Å². The van der Waals surface area contributed by atoms with Gasteiger partial charge in [0.25, 0.3) is 0 Å². The number of carbonyl (C=O) groups excluding carboxylic acids is 1. The van der Waals surface area contributed by atoms with Crippen molar-refractivity contribution in [2.45, 2.75) is 31.7 Å². The van der Waals surface area contributed by atoms with Crippen molar-refractivity contribution in [3.8, 4) is 0 Å². The van der Waals surface area contributed by atoms with Crippen molar-refractivity contribution in [1.82, 2.24) is 10.6 Å².